The van der Waals surface area contributed by atoms with Gasteiger partial charge in [-0.2, -0.15) is 0 Å². The summed E-state index contributed by atoms with van der Waals surface area (Å²) in [5.41, 5.74) is 7.02. The van der Waals surface area contributed by atoms with Gasteiger partial charge in [0.25, 0.3) is 0 Å². The molecule has 0 radical (unpaired) electrons. The molecule has 0 aromatic rings. The lowest BCUT2D eigenvalue weighted by molar-refractivity contribution is 0.0375. The van der Waals surface area contributed by atoms with Crippen molar-refractivity contribution in [2.45, 2.75) is 145 Å². The van der Waals surface area contributed by atoms with E-state index in [2.05, 4.69) is 37.2 Å². The van der Waals surface area contributed by atoms with Crippen LogP contribution >= 0.6 is 0 Å². The van der Waals surface area contributed by atoms with E-state index in [-0.39, 0.29) is 73.5 Å². The molecule has 19 atom stereocenters. The van der Waals surface area contributed by atoms with Gasteiger partial charge in [0.15, 0.2) is 0 Å². The number of aliphatic hydroxyl groups excluding tert-OH is 4. The van der Waals surface area contributed by atoms with Gasteiger partial charge in [0.05, 0.1) is 67.6 Å². The first-order valence-electron chi connectivity index (χ1n) is 18.1. The van der Waals surface area contributed by atoms with Crippen molar-refractivity contribution in [3.8, 4) is 0 Å². The van der Waals surface area contributed by atoms with Crippen molar-refractivity contribution in [2.24, 2.45) is 53.1 Å². The molecule has 13 N–H and O–H groups in total. The molecule has 0 amide bonds. The normalized spacial score (nSPS) is 57.9. The van der Waals surface area contributed by atoms with E-state index in [1.165, 1.54) is 0 Å². The molecule has 19 unspecified atom stereocenters. The van der Waals surface area contributed by atoms with Crippen LogP contribution in [0, 0.1) is 47.3 Å². The third-order valence-corrected chi connectivity index (χ3v) is 13.6. The zero-order chi connectivity index (χ0) is 30.1. The number of hydrogen-bond donors (Lipinski definition) is 12. The summed E-state index contributed by atoms with van der Waals surface area (Å²) < 4.78 is 0. The first-order chi connectivity index (χ1) is 21.3. The zero-order valence-corrected chi connectivity index (χ0v) is 26.0. The molecule has 0 aromatic heterocycles. The van der Waals surface area contributed by atoms with Gasteiger partial charge >= 0.3 is 0 Å². The largest absolute Gasteiger partial charge is 0.393 e. The van der Waals surface area contributed by atoms with Gasteiger partial charge in [-0.15, -0.1) is 0 Å². The summed E-state index contributed by atoms with van der Waals surface area (Å²) in [6, 6.07) is 0. The minimum Gasteiger partial charge on any atom is -0.393 e. The van der Waals surface area contributed by atoms with Crippen molar-refractivity contribution < 1.29 is 20.4 Å². The highest BCUT2D eigenvalue weighted by molar-refractivity contribution is 5.07. The Morgan fingerprint density at radius 2 is 0.750 bits per heavy atom. The fraction of sp³-hybridized carbons (Fsp3) is 1.00. The molecule has 8 fully saturated rings. The smallest absolute Gasteiger partial charge is 0.0629 e. The van der Waals surface area contributed by atoms with Crippen LogP contribution in [0.15, 0.2) is 0 Å². The molecule has 8 aliphatic rings. The van der Waals surface area contributed by atoms with E-state index in [4.69, 9.17) is 5.73 Å². The molecule has 44 heavy (non-hydrogen) atoms. The second-order valence-corrected chi connectivity index (χ2v) is 16.1. The molecule has 0 spiro atoms. The first-order valence-corrected chi connectivity index (χ1v) is 18.1. The van der Waals surface area contributed by atoms with Gasteiger partial charge in [0.1, 0.15) is 0 Å². The van der Waals surface area contributed by atoms with Gasteiger partial charge in [0.2, 0.25) is 0 Å². The fourth-order valence-electron chi connectivity index (χ4n) is 11.3. The lowest BCUT2D eigenvalue weighted by Crippen LogP contribution is -2.60. The second-order valence-electron chi connectivity index (χ2n) is 16.1. The summed E-state index contributed by atoms with van der Waals surface area (Å²) in [6.07, 6.45) is 9.41. The molecule has 4 saturated heterocycles. The van der Waals surface area contributed by atoms with Crippen LogP contribution in [0.25, 0.3) is 0 Å². The molecule has 4 aliphatic carbocycles. The Hall–Kier alpha value is -0.480. The molecule has 4 saturated carbocycles. The van der Waals surface area contributed by atoms with Gasteiger partial charge in [0, 0.05) is 0 Å². The van der Waals surface area contributed by atoms with Crippen molar-refractivity contribution in [1.82, 2.24) is 37.2 Å². The Labute approximate surface area is 261 Å². The zero-order valence-electron chi connectivity index (χ0n) is 26.0. The van der Waals surface area contributed by atoms with Gasteiger partial charge in [-0.3, -0.25) is 31.9 Å². The van der Waals surface area contributed by atoms with Crippen molar-refractivity contribution in [3.63, 3.8) is 0 Å². The maximum Gasteiger partial charge on any atom is 0.0629 e. The van der Waals surface area contributed by atoms with Gasteiger partial charge in [-0.25, -0.2) is 0 Å². The van der Waals surface area contributed by atoms with Crippen molar-refractivity contribution in [1.29, 1.82) is 0 Å². The van der Waals surface area contributed by atoms with E-state index in [0.29, 0.717) is 47.8 Å². The topological polar surface area (TPSA) is 191 Å². The minimum absolute atomic E-state index is 0.0461. The highest BCUT2D eigenvalue weighted by atomic mass is 16.3. The van der Waals surface area contributed by atoms with E-state index < -0.39 is 0 Å². The highest BCUT2D eigenvalue weighted by Gasteiger charge is 2.53. The average Bonchev–Trinajstić information content (AvgIpc) is 3.63. The summed E-state index contributed by atoms with van der Waals surface area (Å²) in [7, 11) is 0. The third kappa shape index (κ3) is 5.79. The van der Waals surface area contributed by atoms with Crippen molar-refractivity contribution in [3.05, 3.63) is 0 Å². The van der Waals surface area contributed by atoms with Crippen LogP contribution in [-0.4, -0.2) is 94.5 Å². The summed E-state index contributed by atoms with van der Waals surface area (Å²) >= 11 is 0. The molecule has 12 heteroatoms. The number of fused-ring (bicyclic) bond motifs is 16. The van der Waals surface area contributed by atoms with Gasteiger partial charge < -0.3 is 31.5 Å². The quantitative estimate of drug-likeness (QED) is 0.151. The molecule has 250 valence electrons. The molecule has 4 aliphatic heterocycles. The Balaban J connectivity index is 1.10. The molecular weight excluding hydrogens is 560 g/mol. The summed E-state index contributed by atoms with van der Waals surface area (Å²) in [4.78, 5) is 0. The molecule has 12 nitrogen and oxygen atoms in total. The number of aliphatic hydroxyl groups is 4. The summed E-state index contributed by atoms with van der Waals surface area (Å²) in [5.74, 6) is 2.66. The average molecular weight is 619 g/mol. The van der Waals surface area contributed by atoms with E-state index in [1.54, 1.807) is 0 Å². The minimum atomic E-state index is -0.318. The number of hydrogen-bond acceptors (Lipinski definition) is 12. The standard InChI is InChI=1S/C32H58N8O4/c33-26-22-9-15(41)2-1-14(22)13-34-27-23-10-16(42)3-6-19(23)29(36-27)38-32-25-12-18(44)5-8-21(25)30(40-32)39-31-24-11-17(43)4-7-20(24)28(35-26)37-31/h14-32,34-44H,1-13,33H2. The van der Waals surface area contributed by atoms with Gasteiger partial charge in [-0.1, -0.05) is 0 Å². The van der Waals surface area contributed by atoms with Crippen molar-refractivity contribution >= 4 is 0 Å². The maximum atomic E-state index is 10.7. The van der Waals surface area contributed by atoms with Crippen molar-refractivity contribution in [2.75, 3.05) is 6.54 Å². The number of rotatable bonds is 0. The Morgan fingerprint density at radius 1 is 0.386 bits per heavy atom. The lowest BCUT2D eigenvalue weighted by atomic mass is 9.74. The van der Waals surface area contributed by atoms with Crippen LogP contribution in [0.2, 0.25) is 0 Å². The monoisotopic (exact) mass is 618 g/mol. The molecule has 0 aromatic carbocycles. The maximum absolute atomic E-state index is 10.7. The van der Waals surface area contributed by atoms with Crippen LogP contribution < -0.4 is 43.0 Å². The van der Waals surface area contributed by atoms with E-state index in [1.807, 2.05) is 0 Å². The SMILES string of the molecule is NC1NC2NC(NC3NC(NC4NC(NCC5CCC(O)CC51)C1CC(O)CCC41)C1CC(O)CCC31)C1CC(O)CCC21. The predicted octanol–water partition coefficient (Wildman–Crippen LogP) is -1.48. The molecule has 6 bridgehead atoms. The van der Waals surface area contributed by atoms with E-state index >= 15 is 0 Å². The molecule has 8 rings (SSSR count). The first kappa shape index (κ1) is 30.8. The van der Waals surface area contributed by atoms with Crippen LogP contribution in [0.1, 0.15) is 77.0 Å². The van der Waals surface area contributed by atoms with Gasteiger partial charge in [-0.05, 0) is 131 Å². The predicted molar refractivity (Wildman–Crippen MR) is 165 cm³/mol. The number of nitrogens with two attached hydrogens (primary N) is 1. The fourth-order valence-corrected chi connectivity index (χ4v) is 11.3. The second kappa shape index (κ2) is 12.5. The lowest BCUT2D eigenvalue weighted by Gasteiger charge is -2.41. The van der Waals surface area contributed by atoms with Crippen LogP contribution in [0.5, 0.6) is 0 Å². The van der Waals surface area contributed by atoms with Crippen LogP contribution in [0.3, 0.4) is 0 Å². The van der Waals surface area contributed by atoms with Crippen LogP contribution in [-0.2, 0) is 0 Å². The van der Waals surface area contributed by atoms with E-state index in [9.17, 15) is 20.4 Å². The molecule has 4 heterocycles. The highest BCUT2D eigenvalue weighted by Crippen LogP contribution is 2.44. The number of nitrogens with one attached hydrogen (secondary N) is 7. The summed E-state index contributed by atoms with van der Waals surface area (Å²) in [5, 5.41) is 70.4. The third-order valence-electron chi connectivity index (χ3n) is 13.6. The summed E-state index contributed by atoms with van der Waals surface area (Å²) in [6.45, 7) is 0.831. The molecular formula is C32H58N8O4. The van der Waals surface area contributed by atoms with E-state index in [0.717, 1.165) is 77.2 Å². The Bertz CT molecular complexity index is 1010. The Morgan fingerprint density at radius 3 is 1.25 bits per heavy atom. The van der Waals surface area contributed by atoms with Crippen LogP contribution in [0.4, 0.5) is 0 Å². The Kier molecular flexibility index (Phi) is 8.77.